The number of carbonyl (C=O) groups is 2. The van der Waals surface area contributed by atoms with E-state index in [2.05, 4.69) is 0 Å². The second-order valence-electron chi connectivity index (χ2n) is 6.47. The Bertz CT molecular complexity index is 743. The van der Waals surface area contributed by atoms with E-state index in [1.165, 1.54) is 4.90 Å². The van der Waals surface area contributed by atoms with Crippen LogP contribution < -0.4 is 9.64 Å². The summed E-state index contributed by atoms with van der Waals surface area (Å²) in [6, 6.07) is 17.4. The summed E-state index contributed by atoms with van der Waals surface area (Å²) in [6.45, 7) is 1.12. The molecule has 1 heterocycles. The van der Waals surface area contributed by atoms with Crippen molar-refractivity contribution < 1.29 is 19.2 Å². The lowest BCUT2D eigenvalue weighted by molar-refractivity contribution is -0.901. The zero-order valence-electron chi connectivity index (χ0n) is 14.6. The molecule has 0 aromatic heterocycles. The molecule has 1 aliphatic heterocycles. The number of hydrogen-bond acceptors (Lipinski definition) is 3. The first kappa shape index (κ1) is 17.2. The van der Waals surface area contributed by atoms with Gasteiger partial charge in [-0.1, -0.05) is 30.3 Å². The molecule has 1 saturated heterocycles. The SMILES string of the molecule is COc1ccc(C[NH+](C)CN2C(=O)C[C@@H](c3ccccc3)C2=O)cc1. The van der Waals surface area contributed by atoms with Crippen molar-refractivity contribution in [3.05, 3.63) is 65.7 Å². The van der Waals surface area contributed by atoms with Gasteiger partial charge < -0.3 is 9.64 Å². The molecule has 5 heteroatoms. The van der Waals surface area contributed by atoms with Crippen LogP contribution in [0.5, 0.6) is 5.75 Å². The molecule has 1 aliphatic rings. The molecule has 1 fully saturated rings. The third-order valence-corrected chi connectivity index (χ3v) is 4.54. The van der Waals surface area contributed by atoms with E-state index in [1.54, 1.807) is 7.11 Å². The molecule has 3 rings (SSSR count). The molecule has 5 nitrogen and oxygen atoms in total. The molecule has 1 N–H and O–H groups in total. The number of carbonyl (C=O) groups excluding carboxylic acids is 2. The van der Waals surface area contributed by atoms with Crippen LogP contribution in [0.25, 0.3) is 0 Å². The van der Waals surface area contributed by atoms with Crippen LogP contribution in [0.15, 0.2) is 54.6 Å². The molecule has 2 amide bonds. The van der Waals surface area contributed by atoms with Crippen LogP contribution in [0, 0.1) is 0 Å². The third-order valence-electron chi connectivity index (χ3n) is 4.54. The first-order chi connectivity index (χ1) is 12.1. The monoisotopic (exact) mass is 339 g/mol. The van der Waals surface area contributed by atoms with E-state index in [-0.39, 0.29) is 24.2 Å². The summed E-state index contributed by atoms with van der Waals surface area (Å²) in [7, 11) is 3.63. The van der Waals surface area contributed by atoms with E-state index in [0.29, 0.717) is 6.67 Å². The van der Waals surface area contributed by atoms with E-state index >= 15 is 0 Å². The number of hydrogen-bond donors (Lipinski definition) is 1. The topological polar surface area (TPSA) is 51.1 Å². The van der Waals surface area contributed by atoms with Crippen molar-refractivity contribution in [1.82, 2.24) is 4.90 Å². The van der Waals surface area contributed by atoms with Gasteiger partial charge in [-0.25, -0.2) is 4.90 Å². The van der Waals surface area contributed by atoms with Crippen molar-refractivity contribution in [2.75, 3.05) is 20.8 Å². The fourth-order valence-corrected chi connectivity index (χ4v) is 3.21. The fraction of sp³-hybridized carbons (Fsp3) is 0.300. The molecule has 2 atom stereocenters. The highest BCUT2D eigenvalue weighted by Crippen LogP contribution is 2.28. The van der Waals surface area contributed by atoms with Crippen LogP contribution >= 0.6 is 0 Å². The molecule has 0 saturated carbocycles. The van der Waals surface area contributed by atoms with Crippen molar-refractivity contribution in [2.45, 2.75) is 18.9 Å². The van der Waals surface area contributed by atoms with Crippen LogP contribution in [0.1, 0.15) is 23.5 Å². The van der Waals surface area contributed by atoms with Gasteiger partial charge in [0.15, 0.2) is 6.67 Å². The number of nitrogens with zero attached hydrogens (tertiary/aromatic N) is 1. The third kappa shape index (κ3) is 3.88. The molecule has 0 bridgehead atoms. The Morgan fingerprint density at radius 3 is 2.40 bits per heavy atom. The minimum Gasteiger partial charge on any atom is -0.497 e. The highest BCUT2D eigenvalue weighted by atomic mass is 16.5. The van der Waals surface area contributed by atoms with E-state index in [4.69, 9.17) is 4.74 Å². The molecule has 0 spiro atoms. The number of amides is 2. The normalized spacial score (nSPS) is 18.5. The van der Waals surface area contributed by atoms with Crippen LogP contribution in [0.3, 0.4) is 0 Å². The van der Waals surface area contributed by atoms with Crippen molar-refractivity contribution >= 4 is 11.8 Å². The quantitative estimate of drug-likeness (QED) is 0.805. The predicted octanol–water partition coefficient (Wildman–Crippen LogP) is 1.21. The Balaban J connectivity index is 1.63. The van der Waals surface area contributed by atoms with E-state index in [1.807, 2.05) is 61.6 Å². The molecule has 25 heavy (non-hydrogen) atoms. The van der Waals surface area contributed by atoms with E-state index < -0.39 is 0 Å². The summed E-state index contributed by atoms with van der Waals surface area (Å²) in [5.41, 5.74) is 2.05. The van der Waals surface area contributed by atoms with Gasteiger partial charge in [-0.2, -0.15) is 0 Å². The second-order valence-corrected chi connectivity index (χ2v) is 6.47. The fourth-order valence-electron chi connectivity index (χ4n) is 3.21. The smallest absolute Gasteiger partial charge is 0.241 e. The summed E-state index contributed by atoms with van der Waals surface area (Å²) in [4.78, 5) is 27.5. The second kappa shape index (κ2) is 7.49. The molecule has 130 valence electrons. The zero-order valence-corrected chi connectivity index (χ0v) is 14.6. The summed E-state index contributed by atoms with van der Waals surface area (Å²) < 4.78 is 5.16. The van der Waals surface area contributed by atoms with Gasteiger partial charge >= 0.3 is 0 Å². The highest BCUT2D eigenvalue weighted by Gasteiger charge is 2.40. The standard InChI is InChI=1S/C20H22N2O3/c1-21(13-15-8-10-17(25-2)11-9-15)14-22-19(23)12-18(20(22)24)16-6-4-3-5-7-16/h3-11,18H,12-14H2,1-2H3/p+1/t18-/m0/s1. The lowest BCUT2D eigenvalue weighted by Gasteiger charge is -2.20. The number of quaternary nitrogens is 1. The summed E-state index contributed by atoms with van der Waals surface area (Å²) in [5, 5.41) is 0. The maximum Gasteiger partial charge on any atom is 0.241 e. The van der Waals surface area contributed by atoms with Gasteiger partial charge in [0, 0.05) is 12.0 Å². The van der Waals surface area contributed by atoms with Crippen molar-refractivity contribution in [1.29, 1.82) is 0 Å². The first-order valence-electron chi connectivity index (χ1n) is 8.42. The minimum absolute atomic E-state index is 0.0899. The Kier molecular flexibility index (Phi) is 5.14. The Labute approximate surface area is 147 Å². The van der Waals surface area contributed by atoms with Crippen LogP contribution in [-0.4, -0.2) is 37.5 Å². The molecule has 2 aromatic carbocycles. The van der Waals surface area contributed by atoms with Gasteiger partial charge in [0.25, 0.3) is 0 Å². The van der Waals surface area contributed by atoms with Gasteiger partial charge in [-0.05, 0) is 29.8 Å². The molecule has 0 radical (unpaired) electrons. The van der Waals surface area contributed by atoms with E-state index in [0.717, 1.165) is 28.3 Å². The van der Waals surface area contributed by atoms with Crippen LogP contribution in [0.2, 0.25) is 0 Å². The van der Waals surface area contributed by atoms with E-state index in [9.17, 15) is 9.59 Å². The minimum atomic E-state index is -0.345. The molecular formula is C20H23N2O3+. The number of methoxy groups -OCH3 is 1. The number of imide groups is 1. The van der Waals surface area contributed by atoms with Gasteiger partial charge in [0.2, 0.25) is 11.8 Å². The number of benzene rings is 2. The number of likely N-dealkylation sites (tertiary alicyclic amines) is 1. The van der Waals surface area contributed by atoms with Crippen LogP contribution in [0.4, 0.5) is 0 Å². The number of ether oxygens (including phenoxy) is 1. The van der Waals surface area contributed by atoms with Crippen LogP contribution in [-0.2, 0) is 16.1 Å². The van der Waals surface area contributed by atoms with Gasteiger partial charge in [0.05, 0.1) is 20.1 Å². The summed E-state index contributed by atoms with van der Waals surface area (Å²) >= 11 is 0. The Hall–Kier alpha value is -2.66. The number of rotatable bonds is 6. The van der Waals surface area contributed by atoms with Crippen molar-refractivity contribution in [3.63, 3.8) is 0 Å². The molecular weight excluding hydrogens is 316 g/mol. The average molecular weight is 339 g/mol. The first-order valence-corrected chi connectivity index (χ1v) is 8.42. The molecule has 2 aromatic rings. The molecule has 0 aliphatic carbocycles. The van der Waals surface area contributed by atoms with Gasteiger partial charge in [-0.15, -0.1) is 0 Å². The Morgan fingerprint density at radius 1 is 1.08 bits per heavy atom. The highest BCUT2D eigenvalue weighted by molar-refractivity contribution is 6.06. The maximum absolute atomic E-state index is 12.7. The Morgan fingerprint density at radius 2 is 1.76 bits per heavy atom. The van der Waals surface area contributed by atoms with Gasteiger partial charge in [-0.3, -0.25) is 9.59 Å². The lowest BCUT2D eigenvalue weighted by Crippen LogP contribution is -3.09. The molecule has 1 unspecified atom stereocenters. The lowest BCUT2D eigenvalue weighted by atomic mass is 9.98. The van der Waals surface area contributed by atoms with Crippen molar-refractivity contribution in [2.24, 2.45) is 0 Å². The zero-order chi connectivity index (χ0) is 17.8. The average Bonchev–Trinajstić information content (AvgIpc) is 2.91. The predicted molar refractivity (Wildman–Crippen MR) is 94.1 cm³/mol. The van der Waals surface area contributed by atoms with Crippen molar-refractivity contribution in [3.8, 4) is 5.75 Å². The summed E-state index contributed by atoms with van der Waals surface area (Å²) in [5.74, 6) is 0.290. The summed E-state index contributed by atoms with van der Waals surface area (Å²) in [6.07, 6.45) is 0.263. The largest absolute Gasteiger partial charge is 0.497 e. The maximum atomic E-state index is 12.7. The number of nitrogens with one attached hydrogen (secondary N) is 1. The van der Waals surface area contributed by atoms with Gasteiger partial charge in [0.1, 0.15) is 12.3 Å².